The fourth-order valence-electron chi connectivity index (χ4n) is 8.00. The van der Waals surface area contributed by atoms with Crippen molar-refractivity contribution in [3.8, 4) is 11.4 Å². The number of hydrogen-bond acceptors (Lipinski definition) is 13. The third-order valence-corrected chi connectivity index (χ3v) is 11.5. The zero-order valence-corrected chi connectivity index (χ0v) is 35.2. The molecule has 2 aliphatic rings. The van der Waals surface area contributed by atoms with E-state index in [9.17, 15) is 23.9 Å². The van der Waals surface area contributed by atoms with E-state index < -0.39 is 60.4 Å². The van der Waals surface area contributed by atoms with Crippen LogP contribution in [0.3, 0.4) is 0 Å². The summed E-state index contributed by atoms with van der Waals surface area (Å²) in [5.41, 5.74) is 6.82. The van der Waals surface area contributed by atoms with Crippen LogP contribution in [0, 0.1) is 17.6 Å². The fraction of sp³-hybridized carbons (Fsp3) is 0.442. The Morgan fingerprint density at radius 2 is 1.63 bits per heavy atom. The smallest absolute Gasteiger partial charge is 0.493 e. The van der Waals surface area contributed by atoms with E-state index in [0.29, 0.717) is 24.3 Å². The van der Waals surface area contributed by atoms with Crippen molar-refractivity contribution in [3.05, 3.63) is 113 Å². The summed E-state index contributed by atoms with van der Waals surface area (Å²) in [6.07, 6.45) is 2.59. The third kappa shape index (κ3) is 10.3. The first-order chi connectivity index (χ1) is 30.2. The van der Waals surface area contributed by atoms with Gasteiger partial charge in [0, 0.05) is 67.1 Å². The molecule has 336 valence electrons. The Morgan fingerprint density at radius 3 is 2.25 bits per heavy atom. The number of anilines is 2. The van der Waals surface area contributed by atoms with Gasteiger partial charge in [-0.2, -0.15) is 9.67 Å². The predicted molar refractivity (Wildman–Crippen MR) is 222 cm³/mol. The summed E-state index contributed by atoms with van der Waals surface area (Å²) >= 11 is 0. The lowest BCUT2D eigenvalue weighted by molar-refractivity contribution is -0.754. The largest absolute Gasteiger partial charge is 0.511 e. The molecule has 0 bridgehead atoms. The maximum absolute atomic E-state index is 15.4. The number of hydrogen-bond donors (Lipinski definition) is 3. The van der Waals surface area contributed by atoms with Crippen LogP contribution in [0.25, 0.3) is 5.69 Å². The molecule has 5 aromatic rings. The molecule has 0 aliphatic carbocycles. The van der Waals surface area contributed by atoms with Crippen LogP contribution in [0.4, 0.5) is 25.0 Å². The number of piperazine rings is 1. The van der Waals surface area contributed by atoms with Crippen molar-refractivity contribution in [2.45, 2.75) is 70.2 Å². The number of aliphatic hydroxyl groups excluding tert-OH is 1. The molecule has 2 fully saturated rings. The quantitative estimate of drug-likeness (QED) is 0.0904. The number of carboxylic acid groups (broad SMARTS) is 1. The Labute approximate surface area is 361 Å². The molecular weight excluding hydrogens is 825 g/mol. The molecule has 0 amide bonds. The number of aliphatic carboxylic acids is 1. The second kappa shape index (κ2) is 19.3. The highest BCUT2D eigenvalue weighted by molar-refractivity contribution is 5.73. The highest BCUT2D eigenvalue weighted by Crippen LogP contribution is 2.42. The maximum atomic E-state index is 15.4. The Balaban J connectivity index is 0.923. The van der Waals surface area contributed by atoms with E-state index in [1.807, 2.05) is 55.5 Å². The van der Waals surface area contributed by atoms with Crippen LogP contribution in [0.2, 0.25) is 0 Å². The lowest BCUT2D eigenvalue weighted by atomic mass is 9.87. The minimum absolute atomic E-state index is 0.0375. The van der Waals surface area contributed by atoms with Crippen molar-refractivity contribution in [1.29, 1.82) is 0 Å². The number of carbonyl (C=O) groups is 2. The van der Waals surface area contributed by atoms with Gasteiger partial charge in [-0.25, -0.2) is 27.6 Å². The van der Waals surface area contributed by atoms with Gasteiger partial charge in [-0.05, 0) is 74.4 Å². The van der Waals surface area contributed by atoms with Gasteiger partial charge in [0.25, 0.3) is 6.33 Å². The molecule has 4 N–H and O–H groups in total. The fourth-order valence-corrected chi connectivity index (χ4v) is 8.00. The summed E-state index contributed by atoms with van der Waals surface area (Å²) in [7, 11) is 0. The number of halogens is 2. The second-order valence-corrected chi connectivity index (χ2v) is 15.9. The van der Waals surface area contributed by atoms with Gasteiger partial charge in [0.05, 0.1) is 31.0 Å². The zero-order chi connectivity index (χ0) is 44.8. The van der Waals surface area contributed by atoms with E-state index in [4.69, 9.17) is 29.8 Å². The normalized spacial score (nSPS) is 19.6. The summed E-state index contributed by atoms with van der Waals surface area (Å²) in [6.45, 7) is 8.27. The molecule has 0 saturated carbocycles. The lowest BCUT2D eigenvalue weighted by Crippen LogP contribution is -2.46. The van der Waals surface area contributed by atoms with Crippen LogP contribution in [0.1, 0.15) is 51.4 Å². The molecule has 0 spiro atoms. The Hall–Kier alpha value is -6.38. The Bertz CT molecular complexity index is 2400. The number of nitrogens with two attached hydrogens (primary N) is 1. The van der Waals surface area contributed by atoms with Gasteiger partial charge < -0.3 is 44.7 Å². The first-order valence-corrected chi connectivity index (χ1v) is 20.8. The van der Waals surface area contributed by atoms with Crippen LogP contribution in [0.5, 0.6) is 5.75 Å². The van der Waals surface area contributed by atoms with Gasteiger partial charge in [0.1, 0.15) is 48.5 Å². The van der Waals surface area contributed by atoms with E-state index in [-0.39, 0.29) is 36.9 Å². The first kappa shape index (κ1) is 44.7. The van der Waals surface area contributed by atoms with Crippen molar-refractivity contribution < 1.29 is 52.1 Å². The topological polar surface area (TPSA) is 206 Å². The first-order valence-electron chi connectivity index (χ1n) is 20.8. The highest BCUT2D eigenvalue weighted by Gasteiger charge is 2.46. The standard InChI is InChI=1S/C43H51F2N9O9/c1-4-39(28(2)55)54-41(58)53(26-48-54)34-8-6-32(7-9-34)49-15-17-50(18-16-49)33-10-12-35(13-11-33)60-21-30-20-43(62-22-30,36-14-5-31(44)19-37(36)45)24-52-27-51(25-47-52)29(3)63-42(59)61-23-38(46)40(56)57/h5-14,19,25-30,38-39,55H,4,15-18,20-24,46H2,1-3H3/p+1/t28-,29?,30+,38-,39-,43-/m0/s1. The van der Waals surface area contributed by atoms with Gasteiger partial charge in [0.2, 0.25) is 12.6 Å². The van der Waals surface area contributed by atoms with Crippen LogP contribution < -0.4 is 30.5 Å². The molecule has 2 saturated heterocycles. The third-order valence-electron chi connectivity index (χ3n) is 11.5. The highest BCUT2D eigenvalue weighted by atomic mass is 19.1. The lowest BCUT2D eigenvalue weighted by Gasteiger charge is -2.37. The number of carbonyl (C=O) groups excluding carboxylic acids is 1. The van der Waals surface area contributed by atoms with Gasteiger partial charge in [-0.1, -0.05) is 13.0 Å². The van der Waals surface area contributed by atoms with E-state index >= 15 is 4.39 Å². The van der Waals surface area contributed by atoms with Gasteiger partial charge >= 0.3 is 17.8 Å². The number of benzene rings is 3. The van der Waals surface area contributed by atoms with E-state index in [0.717, 1.165) is 43.6 Å². The number of ether oxygens (including phenoxy) is 4. The molecule has 0 radical (unpaired) electrons. The zero-order valence-electron chi connectivity index (χ0n) is 35.2. The Kier molecular flexibility index (Phi) is 13.7. The number of carboxylic acids is 1. The molecule has 20 heteroatoms. The number of nitrogens with zero attached hydrogens (tertiary/aromatic N) is 8. The van der Waals surface area contributed by atoms with Gasteiger partial charge in [-0.3, -0.25) is 4.79 Å². The monoisotopic (exact) mass is 876 g/mol. The van der Waals surface area contributed by atoms with Gasteiger partial charge in [-0.15, -0.1) is 4.68 Å². The van der Waals surface area contributed by atoms with Gasteiger partial charge in [0.15, 0.2) is 0 Å². The molecule has 1 unspecified atom stereocenters. The number of aromatic nitrogens is 6. The van der Waals surface area contributed by atoms with E-state index in [2.05, 4.69) is 20.0 Å². The SMILES string of the molecule is CC[C@@H]([C@H](C)O)n1ncn(-c2ccc(N3CCN(c4ccc(OC[C@@H]5CO[C@@](Cn6c[n+](C(C)OC(=O)OC[C@H](N)C(=O)O)cn6)(c6ccc(F)cc6F)C5)cc4)CC3)cc2)c1=O. The average Bonchev–Trinajstić information content (AvgIpc) is 4.02. The molecular formula is C43H52F2N9O9+. The van der Waals surface area contributed by atoms with Crippen molar-refractivity contribution in [3.63, 3.8) is 0 Å². The predicted octanol–water partition coefficient (Wildman–Crippen LogP) is 3.55. The van der Waals surface area contributed by atoms with Crippen LogP contribution in [0.15, 0.2) is 90.5 Å². The van der Waals surface area contributed by atoms with Crippen molar-refractivity contribution in [2.75, 3.05) is 55.8 Å². The second-order valence-electron chi connectivity index (χ2n) is 15.9. The maximum Gasteiger partial charge on any atom is 0.511 e. The molecule has 7 rings (SSSR count). The van der Waals surface area contributed by atoms with E-state index in [1.54, 1.807) is 13.8 Å². The molecule has 2 aromatic heterocycles. The summed E-state index contributed by atoms with van der Waals surface area (Å²) in [5, 5.41) is 27.6. The molecule has 2 aliphatic heterocycles. The van der Waals surface area contributed by atoms with Crippen LogP contribution in [-0.2, 0) is 31.2 Å². The summed E-state index contributed by atoms with van der Waals surface area (Å²) < 4.78 is 57.7. The summed E-state index contributed by atoms with van der Waals surface area (Å²) in [5.74, 6) is -2.31. The number of aliphatic hydroxyl groups is 1. The molecule has 63 heavy (non-hydrogen) atoms. The van der Waals surface area contributed by atoms with Crippen LogP contribution >= 0.6 is 0 Å². The molecule has 18 nitrogen and oxygen atoms in total. The summed E-state index contributed by atoms with van der Waals surface area (Å²) in [4.78, 5) is 40.7. The van der Waals surface area contributed by atoms with Crippen molar-refractivity contribution >= 4 is 23.5 Å². The minimum atomic E-state index is -1.40. The summed E-state index contributed by atoms with van der Waals surface area (Å²) in [6, 6.07) is 17.2. The average molecular weight is 877 g/mol. The minimum Gasteiger partial charge on any atom is -0.493 e. The van der Waals surface area contributed by atoms with Crippen molar-refractivity contribution in [2.24, 2.45) is 11.7 Å². The molecule has 6 atom stereocenters. The van der Waals surface area contributed by atoms with Crippen molar-refractivity contribution in [1.82, 2.24) is 24.1 Å². The number of rotatable bonds is 17. The molecule has 3 aromatic carbocycles. The van der Waals surface area contributed by atoms with E-state index in [1.165, 1.54) is 49.6 Å². The molecule has 4 heterocycles. The Morgan fingerprint density at radius 1 is 0.984 bits per heavy atom. The van der Waals surface area contributed by atoms with Crippen LogP contribution in [-0.4, -0.2) is 105 Å².